The fourth-order valence-electron chi connectivity index (χ4n) is 2.47. The Balaban J connectivity index is 1.46. The van der Waals surface area contributed by atoms with Crippen molar-refractivity contribution < 1.29 is 33.3 Å². The number of esters is 2. The molecule has 1 atom stereocenters. The number of hydrogen-bond acceptors (Lipinski definition) is 7. The van der Waals surface area contributed by atoms with Gasteiger partial charge in [0.2, 0.25) is 6.10 Å². The Labute approximate surface area is 161 Å². The zero-order valence-electron chi connectivity index (χ0n) is 15.2. The minimum Gasteiger partial charge on any atom is -0.485 e. The summed E-state index contributed by atoms with van der Waals surface area (Å²) in [5, 5.41) is 2.57. The number of benzene rings is 2. The van der Waals surface area contributed by atoms with Gasteiger partial charge in [-0.25, -0.2) is 9.59 Å². The lowest BCUT2D eigenvalue weighted by Crippen LogP contribution is -2.39. The number of nitrogens with one attached hydrogen (secondary N) is 1. The number of amides is 1. The zero-order valence-corrected chi connectivity index (χ0v) is 15.2. The molecule has 1 N–H and O–H groups in total. The highest BCUT2D eigenvalue weighted by molar-refractivity contribution is 5.94. The van der Waals surface area contributed by atoms with Crippen molar-refractivity contribution in [3.8, 4) is 11.5 Å². The Morgan fingerprint density at radius 1 is 1.04 bits per heavy atom. The normalized spacial score (nSPS) is 14.7. The summed E-state index contributed by atoms with van der Waals surface area (Å²) in [6.07, 6.45) is -0.938. The summed E-state index contributed by atoms with van der Waals surface area (Å²) in [7, 11) is 0. The molecule has 3 rings (SSSR count). The fraction of sp³-hybridized carbons (Fsp3) is 0.250. The van der Waals surface area contributed by atoms with E-state index in [0.717, 1.165) is 0 Å². The van der Waals surface area contributed by atoms with E-state index in [4.69, 9.17) is 18.9 Å². The van der Waals surface area contributed by atoms with E-state index in [9.17, 15) is 14.4 Å². The predicted molar refractivity (Wildman–Crippen MR) is 98.3 cm³/mol. The predicted octanol–water partition coefficient (Wildman–Crippen LogP) is 2.18. The van der Waals surface area contributed by atoms with Crippen LogP contribution in [0.3, 0.4) is 0 Å². The van der Waals surface area contributed by atoms with E-state index in [2.05, 4.69) is 5.32 Å². The Hall–Kier alpha value is -3.55. The monoisotopic (exact) mass is 385 g/mol. The molecular formula is C20H19NO7. The minimum absolute atomic E-state index is 0.00673. The minimum atomic E-state index is -0.938. The molecule has 0 radical (unpaired) electrons. The van der Waals surface area contributed by atoms with Crippen LogP contribution < -0.4 is 14.8 Å². The average Bonchev–Trinajstić information content (AvgIpc) is 2.72. The molecule has 8 nitrogen and oxygen atoms in total. The molecule has 0 aromatic heterocycles. The lowest BCUT2D eigenvalue weighted by Gasteiger charge is -2.24. The molecule has 0 aliphatic carbocycles. The molecule has 0 bridgehead atoms. The van der Waals surface area contributed by atoms with Crippen molar-refractivity contribution in [3.63, 3.8) is 0 Å². The highest BCUT2D eigenvalue weighted by Gasteiger charge is 2.29. The van der Waals surface area contributed by atoms with Gasteiger partial charge in [-0.2, -0.15) is 0 Å². The van der Waals surface area contributed by atoms with Gasteiger partial charge in [0.15, 0.2) is 18.1 Å². The van der Waals surface area contributed by atoms with E-state index in [1.54, 1.807) is 43.3 Å². The van der Waals surface area contributed by atoms with Gasteiger partial charge in [0, 0.05) is 5.69 Å². The topological polar surface area (TPSA) is 100 Å². The van der Waals surface area contributed by atoms with E-state index < -0.39 is 30.6 Å². The number of fused-ring (bicyclic) bond motifs is 1. The van der Waals surface area contributed by atoms with Gasteiger partial charge < -0.3 is 24.3 Å². The van der Waals surface area contributed by atoms with Crippen LogP contribution in [0.4, 0.5) is 5.69 Å². The molecule has 1 aliphatic heterocycles. The summed E-state index contributed by atoms with van der Waals surface area (Å²) in [6, 6.07) is 13.1. The quantitative estimate of drug-likeness (QED) is 0.761. The molecule has 1 aliphatic rings. The van der Waals surface area contributed by atoms with Gasteiger partial charge in [0.05, 0.1) is 12.2 Å². The molecule has 0 saturated heterocycles. The van der Waals surface area contributed by atoms with Crippen LogP contribution in [-0.4, -0.2) is 43.8 Å². The van der Waals surface area contributed by atoms with Crippen LogP contribution in [0.5, 0.6) is 11.5 Å². The number of rotatable bonds is 6. The smallest absolute Gasteiger partial charge is 0.351 e. The third kappa shape index (κ3) is 4.79. The van der Waals surface area contributed by atoms with E-state index >= 15 is 0 Å². The summed E-state index contributed by atoms with van der Waals surface area (Å²) in [6.45, 7) is 1.54. The molecule has 2 aromatic rings. The van der Waals surface area contributed by atoms with Crippen molar-refractivity contribution >= 4 is 23.5 Å². The third-order valence-electron chi connectivity index (χ3n) is 3.80. The molecule has 2 aromatic carbocycles. The van der Waals surface area contributed by atoms with Gasteiger partial charge >= 0.3 is 11.9 Å². The first-order chi connectivity index (χ1) is 13.6. The van der Waals surface area contributed by atoms with Crippen LogP contribution in [0, 0.1) is 0 Å². The maximum absolute atomic E-state index is 12.1. The van der Waals surface area contributed by atoms with Crippen LogP contribution >= 0.6 is 0 Å². The average molecular weight is 385 g/mol. The van der Waals surface area contributed by atoms with Crippen molar-refractivity contribution in [3.05, 3.63) is 54.1 Å². The molecule has 146 valence electrons. The van der Waals surface area contributed by atoms with Gasteiger partial charge in [0.1, 0.15) is 6.61 Å². The summed E-state index contributed by atoms with van der Waals surface area (Å²) in [5.41, 5.74) is 0.835. The number of carbonyl (C=O) groups excluding carboxylic acids is 3. The number of hydrogen-bond donors (Lipinski definition) is 1. The van der Waals surface area contributed by atoms with Crippen LogP contribution in [0.15, 0.2) is 48.5 Å². The second kappa shape index (κ2) is 8.90. The third-order valence-corrected chi connectivity index (χ3v) is 3.80. The first-order valence-electron chi connectivity index (χ1n) is 8.69. The van der Waals surface area contributed by atoms with Gasteiger partial charge in [0.25, 0.3) is 5.91 Å². The lowest BCUT2D eigenvalue weighted by atomic mass is 10.2. The molecule has 28 heavy (non-hydrogen) atoms. The van der Waals surface area contributed by atoms with Crippen molar-refractivity contribution in [1.29, 1.82) is 0 Å². The molecule has 0 unspecified atom stereocenters. The SMILES string of the molecule is CCOC(=O)c1ccc(NC(=O)COC(=O)[C@@H]2COc3ccccc3O2)cc1. The van der Waals surface area contributed by atoms with Gasteiger partial charge in [-0.1, -0.05) is 12.1 Å². The Kier molecular flexibility index (Phi) is 6.11. The molecule has 0 fully saturated rings. The Morgan fingerprint density at radius 3 is 2.46 bits per heavy atom. The highest BCUT2D eigenvalue weighted by Crippen LogP contribution is 2.31. The van der Waals surface area contributed by atoms with Crippen molar-refractivity contribution in [2.75, 3.05) is 25.1 Å². The van der Waals surface area contributed by atoms with E-state index in [1.165, 1.54) is 12.1 Å². The van der Waals surface area contributed by atoms with Crippen molar-refractivity contribution in [2.24, 2.45) is 0 Å². The van der Waals surface area contributed by atoms with Gasteiger partial charge in [-0.3, -0.25) is 4.79 Å². The number of ether oxygens (including phenoxy) is 4. The van der Waals surface area contributed by atoms with Crippen molar-refractivity contribution in [1.82, 2.24) is 0 Å². The fourth-order valence-corrected chi connectivity index (χ4v) is 2.47. The second-order valence-corrected chi connectivity index (χ2v) is 5.82. The largest absolute Gasteiger partial charge is 0.485 e. The summed E-state index contributed by atoms with van der Waals surface area (Å²) in [4.78, 5) is 35.6. The molecule has 0 spiro atoms. The summed E-state index contributed by atoms with van der Waals surface area (Å²) >= 11 is 0. The van der Waals surface area contributed by atoms with E-state index in [0.29, 0.717) is 22.7 Å². The first-order valence-corrected chi connectivity index (χ1v) is 8.69. The second-order valence-electron chi connectivity index (χ2n) is 5.82. The van der Waals surface area contributed by atoms with Gasteiger partial charge in [-0.15, -0.1) is 0 Å². The van der Waals surface area contributed by atoms with Gasteiger partial charge in [-0.05, 0) is 43.3 Å². The molecule has 0 saturated carbocycles. The zero-order chi connectivity index (χ0) is 19.9. The standard InChI is InChI=1S/C20H19NO7/c1-2-25-19(23)13-7-9-14(10-8-13)21-18(22)12-27-20(24)17-11-26-15-5-3-4-6-16(15)28-17/h3-10,17H,2,11-12H2,1H3,(H,21,22)/t17-/m0/s1. The maximum Gasteiger partial charge on any atom is 0.351 e. The van der Waals surface area contributed by atoms with Crippen molar-refractivity contribution in [2.45, 2.75) is 13.0 Å². The van der Waals surface area contributed by atoms with Crippen LogP contribution in [0.25, 0.3) is 0 Å². The Bertz CT molecular complexity index is 863. The number of anilines is 1. The van der Waals surface area contributed by atoms with Crippen LogP contribution in [0.1, 0.15) is 17.3 Å². The lowest BCUT2D eigenvalue weighted by molar-refractivity contribution is -0.156. The molecular weight excluding hydrogens is 366 g/mol. The number of para-hydroxylation sites is 2. The summed E-state index contributed by atoms with van der Waals surface area (Å²) < 4.78 is 20.8. The maximum atomic E-state index is 12.1. The Morgan fingerprint density at radius 2 is 1.75 bits per heavy atom. The van der Waals surface area contributed by atoms with E-state index in [1.807, 2.05) is 0 Å². The first kappa shape index (κ1) is 19.2. The van der Waals surface area contributed by atoms with E-state index in [-0.39, 0.29) is 13.2 Å². The van der Waals surface area contributed by atoms with Crippen LogP contribution in [-0.2, 0) is 19.1 Å². The molecule has 1 amide bonds. The van der Waals surface area contributed by atoms with Crippen LogP contribution in [0.2, 0.25) is 0 Å². The number of carbonyl (C=O) groups is 3. The molecule has 8 heteroatoms. The molecule has 1 heterocycles. The summed E-state index contributed by atoms with van der Waals surface area (Å²) in [5.74, 6) is -0.653. The highest BCUT2D eigenvalue weighted by atomic mass is 16.6.